The van der Waals surface area contributed by atoms with Crippen LogP contribution in [0.1, 0.15) is 5.56 Å². The molecule has 2 rings (SSSR count). The first-order valence-electron chi connectivity index (χ1n) is 7.69. The standard InChI is InChI=1S/C18H13F3N2O5/c19-18(20,21)28-15-7-3-13(4-8-15)23-16(24)10-27-17(25)11-26-14-5-1-12(9-22)2-6-14/h1-8H,10-11H2,(H,23,24). The smallest absolute Gasteiger partial charge is 0.482 e. The lowest BCUT2D eigenvalue weighted by Crippen LogP contribution is -2.23. The van der Waals surface area contributed by atoms with E-state index in [9.17, 15) is 22.8 Å². The van der Waals surface area contributed by atoms with Gasteiger partial charge in [-0.15, -0.1) is 13.2 Å². The van der Waals surface area contributed by atoms with Gasteiger partial charge in [0.1, 0.15) is 11.5 Å². The van der Waals surface area contributed by atoms with Crippen LogP contribution in [0.5, 0.6) is 11.5 Å². The largest absolute Gasteiger partial charge is 0.573 e. The van der Waals surface area contributed by atoms with E-state index in [0.717, 1.165) is 12.1 Å². The minimum atomic E-state index is -4.81. The number of nitrogens with one attached hydrogen (secondary N) is 1. The molecule has 0 radical (unpaired) electrons. The minimum absolute atomic E-state index is 0.199. The quantitative estimate of drug-likeness (QED) is 0.725. The minimum Gasteiger partial charge on any atom is -0.482 e. The number of nitrogens with zero attached hydrogens (tertiary/aromatic N) is 1. The van der Waals surface area contributed by atoms with E-state index in [1.54, 1.807) is 0 Å². The van der Waals surface area contributed by atoms with Crippen LogP contribution >= 0.6 is 0 Å². The predicted octanol–water partition coefficient (Wildman–Crippen LogP) is 3.02. The molecule has 2 aromatic rings. The van der Waals surface area contributed by atoms with Crippen molar-refractivity contribution in [2.24, 2.45) is 0 Å². The summed E-state index contributed by atoms with van der Waals surface area (Å²) < 4.78 is 49.8. The summed E-state index contributed by atoms with van der Waals surface area (Å²) in [5, 5.41) is 11.0. The lowest BCUT2D eigenvalue weighted by atomic mass is 10.2. The van der Waals surface area contributed by atoms with Crippen molar-refractivity contribution in [1.82, 2.24) is 0 Å². The molecule has 28 heavy (non-hydrogen) atoms. The molecular formula is C18H13F3N2O5. The summed E-state index contributed by atoms with van der Waals surface area (Å²) in [6, 6.07) is 12.4. The molecule has 0 unspecified atom stereocenters. The number of halogens is 3. The summed E-state index contributed by atoms with van der Waals surface area (Å²) in [6.45, 7) is -1.04. The first kappa shape index (κ1) is 20.6. The summed E-state index contributed by atoms with van der Waals surface area (Å²) in [4.78, 5) is 23.3. The molecule has 0 aliphatic rings. The number of amides is 1. The molecule has 146 valence electrons. The molecule has 10 heteroatoms. The van der Waals surface area contributed by atoms with Gasteiger partial charge >= 0.3 is 12.3 Å². The Balaban J connectivity index is 1.72. The van der Waals surface area contributed by atoms with E-state index in [1.165, 1.54) is 36.4 Å². The highest BCUT2D eigenvalue weighted by Crippen LogP contribution is 2.23. The Morgan fingerprint density at radius 1 is 0.964 bits per heavy atom. The third-order valence-electron chi connectivity index (χ3n) is 3.08. The van der Waals surface area contributed by atoms with Gasteiger partial charge in [0.15, 0.2) is 13.2 Å². The van der Waals surface area contributed by atoms with Gasteiger partial charge in [0.25, 0.3) is 5.91 Å². The fourth-order valence-electron chi connectivity index (χ4n) is 1.89. The van der Waals surface area contributed by atoms with E-state index in [-0.39, 0.29) is 5.69 Å². The summed E-state index contributed by atoms with van der Waals surface area (Å²) in [5.41, 5.74) is 0.633. The van der Waals surface area contributed by atoms with Crippen LogP contribution < -0.4 is 14.8 Å². The van der Waals surface area contributed by atoms with Crippen molar-refractivity contribution < 1.29 is 37.0 Å². The number of hydrogen-bond acceptors (Lipinski definition) is 6. The summed E-state index contributed by atoms with van der Waals surface area (Å²) in [7, 11) is 0. The normalized spacial score (nSPS) is 10.5. The zero-order valence-electron chi connectivity index (χ0n) is 14.2. The lowest BCUT2D eigenvalue weighted by molar-refractivity contribution is -0.274. The number of anilines is 1. The molecule has 0 saturated heterocycles. The SMILES string of the molecule is N#Cc1ccc(OCC(=O)OCC(=O)Nc2ccc(OC(F)(F)F)cc2)cc1. The van der Waals surface area contributed by atoms with E-state index >= 15 is 0 Å². The Morgan fingerprint density at radius 3 is 2.14 bits per heavy atom. The van der Waals surface area contributed by atoms with Crippen LogP contribution in [0.15, 0.2) is 48.5 Å². The molecule has 2 aromatic carbocycles. The average molecular weight is 394 g/mol. The van der Waals surface area contributed by atoms with Gasteiger partial charge in [-0.25, -0.2) is 4.79 Å². The van der Waals surface area contributed by atoms with Gasteiger partial charge in [-0.05, 0) is 48.5 Å². The molecule has 1 N–H and O–H groups in total. The number of carbonyl (C=O) groups is 2. The van der Waals surface area contributed by atoms with E-state index in [1.807, 2.05) is 6.07 Å². The van der Waals surface area contributed by atoms with Crippen LogP contribution in [-0.2, 0) is 14.3 Å². The number of ether oxygens (including phenoxy) is 3. The number of esters is 1. The fraction of sp³-hybridized carbons (Fsp3) is 0.167. The van der Waals surface area contributed by atoms with E-state index in [0.29, 0.717) is 11.3 Å². The Labute approximate surface area is 157 Å². The molecule has 0 atom stereocenters. The highest BCUT2D eigenvalue weighted by Gasteiger charge is 2.30. The summed E-state index contributed by atoms with van der Waals surface area (Å²) >= 11 is 0. The Hall–Kier alpha value is -3.74. The first-order chi connectivity index (χ1) is 13.2. The maximum Gasteiger partial charge on any atom is 0.573 e. The second kappa shape index (κ2) is 9.27. The number of alkyl halides is 3. The molecule has 0 spiro atoms. The molecule has 1 amide bonds. The van der Waals surface area contributed by atoms with Crippen LogP contribution in [0.2, 0.25) is 0 Å². The van der Waals surface area contributed by atoms with Crippen molar-refractivity contribution in [2.75, 3.05) is 18.5 Å². The van der Waals surface area contributed by atoms with Gasteiger partial charge in [0.2, 0.25) is 0 Å². The van der Waals surface area contributed by atoms with E-state index < -0.39 is 37.2 Å². The monoisotopic (exact) mass is 394 g/mol. The van der Waals surface area contributed by atoms with Gasteiger partial charge in [-0.1, -0.05) is 0 Å². The molecule has 0 aliphatic heterocycles. The second-order valence-corrected chi connectivity index (χ2v) is 5.21. The van der Waals surface area contributed by atoms with Crippen molar-refractivity contribution in [1.29, 1.82) is 5.26 Å². The molecule has 0 heterocycles. The highest BCUT2D eigenvalue weighted by molar-refractivity contribution is 5.92. The van der Waals surface area contributed by atoms with Gasteiger partial charge in [-0.3, -0.25) is 4.79 Å². The third-order valence-corrected chi connectivity index (χ3v) is 3.08. The molecular weight excluding hydrogens is 381 g/mol. The molecule has 0 aromatic heterocycles. The number of carbonyl (C=O) groups excluding carboxylic acids is 2. The number of rotatable bonds is 7. The number of nitriles is 1. The number of benzene rings is 2. The zero-order valence-corrected chi connectivity index (χ0v) is 14.2. The van der Waals surface area contributed by atoms with E-state index in [2.05, 4.69) is 10.1 Å². The number of hydrogen-bond donors (Lipinski definition) is 1. The summed E-state index contributed by atoms with van der Waals surface area (Å²) in [5.74, 6) is -1.57. The maximum atomic E-state index is 12.1. The van der Waals surface area contributed by atoms with Crippen LogP contribution in [0.25, 0.3) is 0 Å². The average Bonchev–Trinajstić information content (AvgIpc) is 2.65. The topological polar surface area (TPSA) is 97.6 Å². The zero-order chi connectivity index (χ0) is 20.6. The highest BCUT2D eigenvalue weighted by atomic mass is 19.4. The van der Waals surface area contributed by atoms with Crippen molar-refractivity contribution in [2.45, 2.75) is 6.36 Å². The van der Waals surface area contributed by atoms with Crippen molar-refractivity contribution in [3.05, 3.63) is 54.1 Å². The Bertz CT molecular complexity index is 859. The predicted molar refractivity (Wildman–Crippen MR) is 89.4 cm³/mol. The van der Waals surface area contributed by atoms with Crippen molar-refractivity contribution in [3.8, 4) is 17.6 Å². The van der Waals surface area contributed by atoms with Gasteiger partial charge in [-0.2, -0.15) is 5.26 Å². The van der Waals surface area contributed by atoms with Gasteiger partial charge in [0.05, 0.1) is 11.6 Å². The Morgan fingerprint density at radius 2 is 1.57 bits per heavy atom. The first-order valence-corrected chi connectivity index (χ1v) is 7.69. The molecule has 0 fully saturated rings. The third kappa shape index (κ3) is 7.25. The molecule has 0 saturated carbocycles. The van der Waals surface area contributed by atoms with Crippen LogP contribution in [0, 0.1) is 11.3 Å². The van der Waals surface area contributed by atoms with Gasteiger partial charge < -0.3 is 19.5 Å². The van der Waals surface area contributed by atoms with Crippen molar-refractivity contribution >= 4 is 17.6 Å². The molecule has 0 aliphatic carbocycles. The fourth-order valence-corrected chi connectivity index (χ4v) is 1.89. The van der Waals surface area contributed by atoms with Crippen LogP contribution in [-0.4, -0.2) is 31.5 Å². The molecule has 7 nitrogen and oxygen atoms in total. The molecule has 0 bridgehead atoms. The maximum absolute atomic E-state index is 12.1. The summed E-state index contributed by atoms with van der Waals surface area (Å²) in [6.07, 6.45) is -4.81. The van der Waals surface area contributed by atoms with Crippen molar-refractivity contribution in [3.63, 3.8) is 0 Å². The van der Waals surface area contributed by atoms with Crippen LogP contribution in [0.4, 0.5) is 18.9 Å². The lowest BCUT2D eigenvalue weighted by Gasteiger charge is -2.10. The second-order valence-electron chi connectivity index (χ2n) is 5.21. The van der Waals surface area contributed by atoms with Crippen LogP contribution in [0.3, 0.4) is 0 Å². The Kier molecular flexibility index (Phi) is 6.81. The van der Waals surface area contributed by atoms with E-state index in [4.69, 9.17) is 14.7 Å². The van der Waals surface area contributed by atoms with Gasteiger partial charge in [0, 0.05) is 5.69 Å².